The molecule has 0 aliphatic carbocycles. The molecule has 5 aromatic rings. The Balaban J connectivity index is 1.62. The molecule has 0 unspecified atom stereocenters. The summed E-state index contributed by atoms with van der Waals surface area (Å²) in [6.07, 6.45) is 3.02. The van der Waals surface area contributed by atoms with Gasteiger partial charge in [0.25, 0.3) is 5.91 Å². The summed E-state index contributed by atoms with van der Waals surface area (Å²) in [5.74, 6) is -2.73. The first-order valence-electron chi connectivity index (χ1n) is 10.4. The van der Waals surface area contributed by atoms with Crippen LogP contribution in [-0.2, 0) is 0 Å². The Labute approximate surface area is 192 Å². The summed E-state index contributed by atoms with van der Waals surface area (Å²) < 4.78 is 43.1. The van der Waals surface area contributed by atoms with Crippen molar-refractivity contribution in [1.82, 2.24) is 14.6 Å². The molecule has 0 saturated heterocycles. The van der Waals surface area contributed by atoms with E-state index in [9.17, 15) is 18.0 Å². The van der Waals surface area contributed by atoms with E-state index in [0.717, 1.165) is 6.07 Å². The summed E-state index contributed by atoms with van der Waals surface area (Å²) in [5, 5.41) is 7.15. The number of rotatable bonds is 4. The fraction of sp³-hybridized carbons (Fsp3) is 0.0385. The van der Waals surface area contributed by atoms with E-state index in [2.05, 4.69) is 15.4 Å². The third-order valence-electron chi connectivity index (χ3n) is 5.45. The molecule has 3 aromatic heterocycles. The molecule has 0 radical (unpaired) electrons. The Morgan fingerprint density at radius 3 is 2.44 bits per heavy atom. The number of carbonyl (C=O) groups excluding carboxylic acids is 1. The van der Waals surface area contributed by atoms with E-state index >= 15 is 0 Å². The smallest absolute Gasteiger partial charge is 0.256 e. The van der Waals surface area contributed by atoms with Gasteiger partial charge in [0, 0.05) is 34.3 Å². The van der Waals surface area contributed by atoms with Crippen molar-refractivity contribution in [2.24, 2.45) is 0 Å². The van der Waals surface area contributed by atoms with Gasteiger partial charge >= 0.3 is 0 Å². The minimum atomic E-state index is -0.959. The molecule has 5 rings (SSSR count). The standard InChI is InChI=1S/C26H17F3N4O/c1-15-12-19(26(34)32-17-10-8-16(27)9-11-17)20(13-30-15)23-6-3-7-24-21(14-31-33(23)24)18-4-2-5-22(28)25(18)29/h2-14H,1H3,(H,32,34). The number of carbonyl (C=O) groups is 1. The van der Waals surface area contributed by atoms with Gasteiger partial charge in [-0.2, -0.15) is 5.10 Å². The van der Waals surface area contributed by atoms with Crippen molar-refractivity contribution in [3.63, 3.8) is 0 Å². The third kappa shape index (κ3) is 3.79. The number of benzene rings is 2. The van der Waals surface area contributed by atoms with Crippen LogP contribution in [0.2, 0.25) is 0 Å². The average molecular weight is 458 g/mol. The van der Waals surface area contributed by atoms with E-state index in [1.54, 1.807) is 41.9 Å². The van der Waals surface area contributed by atoms with Crippen molar-refractivity contribution >= 4 is 17.1 Å². The van der Waals surface area contributed by atoms with Gasteiger partial charge in [0.2, 0.25) is 0 Å². The molecule has 0 aliphatic rings. The number of hydrogen-bond acceptors (Lipinski definition) is 3. The monoisotopic (exact) mass is 458 g/mol. The van der Waals surface area contributed by atoms with Crippen molar-refractivity contribution in [3.8, 4) is 22.4 Å². The van der Waals surface area contributed by atoms with Crippen LogP contribution in [0.5, 0.6) is 0 Å². The van der Waals surface area contributed by atoms with E-state index in [4.69, 9.17) is 0 Å². The second kappa shape index (κ2) is 8.47. The molecule has 0 aliphatic heterocycles. The largest absolute Gasteiger partial charge is 0.322 e. The summed E-state index contributed by atoms with van der Waals surface area (Å²) in [6.45, 7) is 1.76. The number of aryl methyl sites for hydroxylation is 1. The van der Waals surface area contributed by atoms with Gasteiger partial charge in [-0.1, -0.05) is 18.2 Å². The molecule has 0 fully saturated rings. The first-order chi connectivity index (χ1) is 16.4. The van der Waals surface area contributed by atoms with E-state index in [0.29, 0.717) is 39.3 Å². The lowest BCUT2D eigenvalue weighted by atomic mass is 10.0. The number of hydrogen-bond donors (Lipinski definition) is 1. The van der Waals surface area contributed by atoms with Crippen molar-refractivity contribution < 1.29 is 18.0 Å². The van der Waals surface area contributed by atoms with Gasteiger partial charge in [-0.05, 0) is 55.5 Å². The molecule has 0 spiro atoms. The number of fused-ring (bicyclic) bond motifs is 1. The van der Waals surface area contributed by atoms with Gasteiger partial charge < -0.3 is 5.32 Å². The van der Waals surface area contributed by atoms with Crippen LogP contribution in [0.3, 0.4) is 0 Å². The Bertz CT molecular complexity index is 1540. The number of nitrogens with zero attached hydrogens (tertiary/aromatic N) is 3. The number of nitrogens with one attached hydrogen (secondary N) is 1. The highest BCUT2D eigenvalue weighted by molar-refractivity contribution is 6.08. The van der Waals surface area contributed by atoms with Crippen LogP contribution >= 0.6 is 0 Å². The number of halogens is 3. The Morgan fingerprint density at radius 1 is 0.882 bits per heavy atom. The molecule has 1 amide bonds. The molecular formula is C26H17F3N4O. The zero-order valence-corrected chi connectivity index (χ0v) is 17.9. The first-order valence-corrected chi connectivity index (χ1v) is 10.4. The number of pyridine rings is 2. The number of aromatic nitrogens is 3. The van der Waals surface area contributed by atoms with E-state index in [1.807, 2.05) is 0 Å². The third-order valence-corrected chi connectivity index (χ3v) is 5.45. The van der Waals surface area contributed by atoms with Gasteiger partial charge in [0.1, 0.15) is 5.82 Å². The van der Waals surface area contributed by atoms with Crippen LogP contribution in [0, 0.1) is 24.4 Å². The van der Waals surface area contributed by atoms with Crippen LogP contribution in [0.15, 0.2) is 79.1 Å². The molecule has 0 bridgehead atoms. The van der Waals surface area contributed by atoms with Crippen molar-refractivity contribution in [2.45, 2.75) is 6.92 Å². The van der Waals surface area contributed by atoms with Crippen LogP contribution < -0.4 is 5.32 Å². The van der Waals surface area contributed by atoms with Crippen LogP contribution in [0.4, 0.5) is 18.9 Å². The molecule has 3 heterocycles. The van der Waals surface area contributed by atoms with Crippen LogP contribution in [0.25, 0.3) is 27.9 Å². The van der Waals surface area contributed by atoms with Crippen LogP contribution in [0.1, 0.15) is 16.1 Å². The summed E-state index contributed by atoms with van der Waals surface area (Å²) >= 11 is 0. The van der Waals surface area contributed by atoms with E-state index in [1.165, 1.54) is 42.6 Å². The predicted octanol–water partition coefficient (Wildman–Crippen LogP) is 6.04. The second-order valence-corrected chi connectivity index (χ2v) is 7.70. The highest BCUT2D eigenvalue weighted by Crippen LogP contribution is 2.32. The fourth-order valence-corrected chi connectivity index (χ4v) is 3.82. The van der Waals surface area contributed by atoms with Gasteiger partial charge in [-0.25, -0.2) is 17.7 Å². The molecule has 0 atom stereocenters. The SMILES string of the molecule is Cc1cc(C(=O)Nc2ccc(F)cc2)c(-c2cccc3c(-c4cccc(F)c4F)cnn23)cn1. The molecule has 168 valence electrons. The van der Waals surface area contributed by atoms with Gasteiger partial charge in [-0.15, -0.1) is 0 Å². The second-order valence-electron chi connectivity index (χ2n) is 7.70. The maximum atomic E-state index is 14.5. The predicted molar refractivity (Wildman–Crippen MR) is 123 cm³/mol. The van der Waals surface area contributed by atoms with Gasteiger partial charge in [0.15, 0.2) is 11.6 Å². The molecule has 1 N–H and O–H groups in total. The highest BCUT2D eigenvalue weighted by atomic mass is 19.2. The molecule has 5 nitrogen and oxygen atoms in total. The average Bonchev–Trinajstić information content (AvgIpc) is 3.26. The fourth-order valence-electron chi connectivity index (χ4n) is 3.82. The van der Waals surface area contributed by atoms with Crippen molar-refractivity contribution in [2.75, 3.05) is 5.32 Å². The summed E-state index contributed by atoms with van der Waals surface area (Å²) in [6, 6.07) is 16.3. The van der Waals surface area contributed by atoms with Crippen LogP contribution in [-0.4, -0.2) is 20.5 Å². The maximum Gasteiger partial charge on any atom is 0.256 e. The Hall–Kier alpha value is -4.46. The molecule has 2 aromatic carbocycles. The van der Waals surface area contributed by atoms with Crippen molar-refractivity contribution in [3.05, 3.63) is 108 Å². The first kappa shape index (κ1) is 21.4. The number of anilines is 1. The highest BCUT2D eigenvalue weighted by Gasteiger charge is 2.19. The Morgan fingerprint density at radius 2 is 1.65 bits per heavy atom. The van der Waals surface area contributed by atoms with E-state index in [-0.39, 0.29) is 5.56 Å². The lowest BCUT2D eigenvalue weighted by Gasteiger charge is -2.13. The minimum Gasteiger partial charge on any atom is -0.322 e. The molecule has 0 saturated carbocycles. The maximum absolute atomic E-state index is 14.5. The number of amides is 1. The van der Waals surface area contributed by atoms with Gasteiger partial charge in [0.05, 0.1) is 23.0 Å². The minimum absolute atomic E-state index is 0.0865. The zero-order valence-electron chi connectivity index (χ0n) is 17.9. The summed E-state index contributed by atoms with van der Waals surface area (Å²) in [4.78, 5) is 17.5. The molecule has 34 heavy (non-hydrogen) atoms. The van der Waals surface area contributed by atoms with Crippen molar-refractivity contribution in [1.29, 1.82) is 0 Å². The lowest BCUT2D eigenvalue weighted by Crippen LogP contribution is -2.14. The normalized spacial score (nSPS) is 11.1. The summed E-state index contributed by atoms with van der Waals surface area (Å²) in [7, 11) is 0. The van der Waals surface area contributed by atoms with E-state index < -0.39 is 23.4 Å². The Kier molecular flexibility index (Phi) is 5.33. The summed E-state index contributed by atoms with van der Waals surface area (Å²) in [5.41, 5.74) is 3.46. The lowest BCUT2D eigenvalue weighted by molar-refractivity contribution is 0.102. The molecular weight excluding hydrogens is 441 g/mol. The quantitative estimate of drug-likeness (QED) is 0.357. The topological polar surface area (TPSA) is 59.3 Å². The van der Waals surface area contributed by atoms with Gasteiger partial charge in [-0.3, -0.25) is 9.78 Å². The molecule has 8 heteroatoms. The zero-order chi connectivity index (χ0) is 23.8.